The zero-order valence-electron chi connectivity index (χ0n) is 27.6. The Balaban J connectivity index is 1.25. The molecule has 2 aromatic rings. The fourth-order valence-electron chi connectivity index (χ4n) is 6.79. The molecular weight excluding hydrogens is 654 g/mol. The highest BCUT2D eigenvalue weighted by Gasteiger charge is 2.56. The third-order valence-corrected chi connectivity index (χ3v) is 11.0. The van der Waals surface area contributed by atoms with Crippen LogP contribution >= 0.6 is 22.9 Å². The number of amides is 4. The van der Waals surface area contributed by atoms with E-state index in [1.54, 1.807) is 23.5 Å². The van der Waals surface area contributed by atoms with Crippen molar-refractivity contribution in [1.82, 2.24) is 20.9 Å². The van der Waals surface area contributed by atoms with Crippen LogP contribution in [0.4, 0.5) is 0 Å². The highest BCUT2D eigenvalue weighted by molar-refractivity contribution is 7.10. The fourth-order valence-corrected chi connectivity index (χ4v) is 7.88. The summed E-state index contributed by atoms with van der Waals surface area (Å²) in [6.07, 6.45) is 3.33. The van der Waals surface area contributed by atoms with Gasteiger partial charge in [0.2, 0.25) is 23.5 Å². The molecule has 2 saturated carbocycles. The number of likely N-dealkylation sites (N-methyl/N-ethyl adjacent to an activating group) is 1. The predicted octanol–water partition coefficient (Wildman–Crippen LogP) is 3.80. The summed E-state index contributed by atoms with van der Waals surface area (Å²) in [7, 11) is 1.37. The molecule has 6 rings (SSSR count). The molecule has 3 fully saturated rings. The Morgan fingerprint density at radius 2 is 1.88 bits per heavy atom. The number of benzene rings is 1. The Labute approximate surface area is 289 Å². The normalized spacial score (nSPS) is 25.9. The van der Waals surface area contributed by atoms with Crippen molar-refractivity contribution >= 4 is 58.1 Å². The largest absolute Gasteiger partial charge is 0.387 e. The topological polar surface area (TPSA) is 146 Å². The van der Waals surface area contributed by atoms with Crippen LogP contribution in [-0.2, 0) is 28.8 Å². The molecule has 3 heterocycles. The Bertz CT molecular complexity index is 1640. The van der Waals surface area contributed by atoms with Crippen LogP contribution in [0, 0.1) is 17.3 Å². The molecule has 3 N–H and O–H groups in total. The number of oxime groups is 1. The zero-order chi connectivity index (χ0) is 34.4. The maximum absolute atomic E-state index is 14.6. The van der Waals surface area contributed by atoms with Gasteiger partial charge in [-0.1, -0.05) is 68.6 Å². The second-order valence-corrected chi connectivity index (χ2v) is 16.1. The minimum atomic E-state index is -1.04. The number of hydrogen-bond donors (Lipinski definition) is 3. The van der Waals surface area contributed by atoms with E-state index in [1.807, 2.05) is 50.4 Å². The van der Waals surface area contributed by atoms with Gasteiger partial charge in [-0.05, 0) is 47.8 Å². The minimum Gasteiger partial charge on any atom is -0.387 e. The number of carbonyl (C=O) groups excluding carboxylic acids is 5. The van der Waals surface area contributed by atoms with E-state index >= 15 is 0 Å². The molecule has 0 radical (unpaired) electrons. The number of nitrogens with zero attached hydrogens (tertiary/aromatic N) is 2. The monoisotopic (exact) mass is 695 g/mol. The van der Waals surface area contributed by atoms with Crippen molar-refractivity contribution in [3.05, 3.63) is 57.2 Å². The smallest absolute Gasteiger partial charge is 0.289 e. The first kappa shape index (κ1) is 34.1. The van der Waals surface area contributed by atoms with Gasteiger partial charge in [0, 0.05) is 47.2 Å². The Morgan fingerprint density at radius 3 is 2.52 bits per heavy atom. The summed E-state index contributed by atoms with van der Waals surface area (Å²) in [5.74, 6) is -2.53. The van der Waals surface area contributed by atoms with E-state index in [2.05, 4.69) is 21.1 Å². The first-order chi connectivity index (χ1) is 22.8. The summed E-state index contributed by atoms with van der Waals surface area (Å²) >= 11 is 7.86. The van der Waals surface area contributed by atoms with Gasteiger partial charge in [-0.2, -0.15) is 0 Å². The number of ketones is 1. The molecule has 1 aromatic heterocycles. The van der Waals surface area contributed by atoms with Crippen molar-refractivity contribution in [2.45, 2.75) is 88.9 Å². The molecule has 1 aromatic carbocycles. The van der Waals surface area contributed by atoms with Crippen LogP contribution in [-0.4, -0.2) is 77.3 Å². The molecule has 2 aliphatic carbocycles. The van der Waals surface area contributed by atoms with E-state index < -0.39 is 52.6 Å². The van der Waals surface area contributed by atoms with Gasteiger partial charge in [-0.3, -0.25) is 24.0 Å². The number of rotatable bonds is 11. The molecule has 2 aliphatic heterocycles. The number of likely N-dealkylation sites (tertiary alicyclic amines) is 1. The first-order valence-electron chi connectivity index (χ1n) is 16.5. The molecule has 1 saturated heterocycles. The molecule has 256 valence electrons. The Hall–Kier alpha value is -3.77. The molecule has 6 atom stereocenters. The van der Waals surface area contributed by atoms with E-state index in [-0.39, 0.29) is 36.6 Å². The first-order valence-corrected chi connectivity index (χ1v) is 17.8. The maximum Gasteiger partial charge on any atom is 0.289 e. The van der Waals surface area contributed by atoms with Gasteiger partial charge >= 0.3 is 0 Å². The van der Waals surface area contributed by atoms with E-state index in [1.165, 1.54) is 11.9 Å². The van der Waals surface area contributed by atoms with Gasteiger partial charge < -0.3 is 25.7 Å². The highest BCUT2D eigenvalue weighted by atomic mass is 35.5. The van der Waals surface area contributed by atoms with Crippen molar-refractivity contribution in [3.8, 4) is 0 Å². The van der Waals surface area contributed by atoms with Gasteiger partial charge in [0.15, 0.2) is 5.60 Å². The van der Waals surface area contributed by atoms with Crippen molar-refractivity contribution in [3.63, 3.8) is 0 Å². The average molecular weight is 696 g/mol. The lowest BCUT2D eigenvalue weighted by atomic mass is 9.85. The third kappa shape index (κ3) is 7.29. The number of thiophene rings is 1. The second-order valence-electron chi connectivity index (χ2n) is 14.6. The van der Waals surface area contributed by atoms with Crippen LogP contribution in [0.2, 0.25) is 5.02 Å². The van der Waals surface area contributed by atoms with E-state index in [9.17, 15) is 24.0 Å². The SMILES string of the molecule is CNC(=O)C(=O)[C@H](CC1CC1)NC(=O)[C@@H]1C[C@]2(CC(c3cccc(Cl)c3)=NO2)CN1C(=O)[C@@H](NC(=O)[C@@H]1C[C@H]1c1cccs1)C(C)(C)C. The number of Topliss-reactive ketones (excluding diaryl/α,β-unsaturated/α-hetero) is 1. The van der Waals surface area contributed by atoms with Gasteiger partial charge in [0.25, 0.3) is 5.91 Å². The second kappa shape index (κ2) is 13.3. The lowest BCUT2D eigenvalue weighted by Crippen LogP contribution is -2.59. The summed E-state index contributed by atoms with van der Waals surface area (Å²) in [5, 5.41) is 15.1. The lowest BCUT2D eigenvalue weighted by molar-refractivity contribution is -0.145. The summed E-state index contributed by atoms with van der Waals surface area (Å²) in [4.78, 5) is 76.2. The van der Waals surface area contributed by atoms with Crippen molar-refractivity contribution in [1.29, 1.82) is 0 Å². The van der Waals surface area contributed by atoms with Crippen LogP contribution < -0.4 is 16.0 Å². The van der Waals surface area contributed by atoms with Crippen molar-refractivity contribution in [2.75, 3.05) is 13.6 Å². The molecule has 11 nitrogen and oxygen atoms in total. The molecule has 13 heteroatoms. The van der Waals surface area contributed by atoms with Crippen LogP contribution in [0.25, 0.3) is 0 Å². The maximum atomic E-state index is 14.6. The zero-order valence-corrected chi connectivity index (χ0v) is 29.2. The van der Waals surface area contributed by atoms with Crippen LogP contribution in [0.5, 0.6) is 0 Å². The number of carbonyl (C=O) groups is 5. The van der Waals surface area contributed by atoms with Gasteiger partial charge in [0.05, 0.1) is 18.3 Å². The molecular formula is C35H42ClN5O6S. The summed E-state index contributed by atoms with van der Waals surface area (Å²) in [6, 6.07) is 8.21. The molecule has 4 amide bonds. The van der Waals surface area contributed by atoms with Crippen molar-refractivity contribution < 1.29 is 28.8 Å². The summed E-state index contributed by atoms with van der Waals surface area (Å²) in [5.41, 5.74) is -0.296. The summed E-state index contributed by atoms with van der Waals surface area (Å²) < 4.78 is 0. The van der Waals surface area contributed by atoms with Gasteiger partial charge in [0.1, 0.15) is 12.1 Å². The Morgan fingerprint density at radius 1 is 1.10 bits per heavy atom. The van der Waals surface area contributed by atoms with E-state index in [0.717, 1.165) is 23.3 Å². The lowest BCUT2D eigenvalue weighted by Gasteiger charge is -2.35. The number of halogens is 1. The van der Waals surface area contributed by atoms with Crippen LogP contribution in [0.15, 0.2) is 46.9 Å². The van der Waals surface area contributed by atoms with Gasteiger partial charge in [-0.25, -0.2) is 0 Å². The van der Waals surface area contributed by atoms with Gasteiger partial charge in [-0.15, -0.1) is 11.3 Å². The van der Waals surface area contributed by atoms with E-state index in [0.29, 0.717) is 30.0 Å². The summed E-state index contributed by atoms with van der Waals surface area (Å²) in [6.45, 7) is 5.67. The highest BCUT2D eigenvalue weighted by Crippen LogP contribution is 2.49. The molecule has 48 heavy (non-hydrogen) atoms. The van der Waals surface area contributed by atoms with E-state index in [4.69, 9.17) is 16.4 Å². The predicted molar refractivity (Wildman–Crippen MR) is 181 cm³/mol. The average Bonchev–Trinajstić information content (AvgIpc) is 3.88. The van der Waals surface area contributed by atoms with Crippen molar-refractivity contribution in [2.24, 2.45) is 22.4 Å². The quantitative estimate of drug-likeness (QED) is 0.305. The standard InChI is InChI=1S/C35H42ClN5O6S/c1-34(2,3)29(39-30(43)23-15-22(23)27-9-6-12-48-27)33(46)41-18-35(16-25(40-47-35)20-7-5-8-21(36)14-20)17-26(41)31(44)38-24(13-19-10-11-19)28(42)32(45)37-4/h5-9,12,14,19,22-24,26,29H,10-11,13,15-18H2,1-4H3,(H,37,45)(H,38,44)(H,39,43)/t22-,23-,24+,26+,29-,35-/m1/s1. The Kier molecular flexibility index (Phi) is 9.43. The molecule has 4 aliphatic rings. The molecule has 0 bridgehead atoms. The van der Waals surface area contributed by atoms with Crippen LogP contribution in [0.3, 0.4) is 0 Å². The number of hydrogen-bond acceptors (Lipinski definition) is 8. The minimum absolute atomic E-state index is 0.0396. The van der Waals surface area contributed by atoms with Crippen LogP contribution in [0.1, 0.15) is 75.7 Å². The third-order valence-electron chi connectivity index (χ3n) is 9.77. The molecule has 0 unspecified atom stereocenters. The number of nitrogens with one attached hydrogen (secondary N) is 3. The molecule has 1 spiro atoms. The fraction of sp³-hybridized carbons (Fsp3) is 0.543.